The molecule has 0 aromatic heterocycles. The van der Waals surface area contributed by atoms with E-state index in [0.29, 0.717) is 11.1 Å². The van der Waals surface area contributed by atoms with Gasteiger partial charge in [-0.3, -0.25) is 0 Å². The molecule has 0 unspecified atom stereocenters. The van der Waals surface area contributed by atoms with Gasteiger partial charge in [0.2, 0.25) is 0 Å². The lowest BCUT2D eigenvalue weighted by Gasteiger charge is -2.08. The van der Waals surface area contributed by atoms with E-state index in [-0.39, 0.29) is 12.0 Å². The van der Waals surface area contributed by atoms with E-state index in [0.717, 1.165) is 23.3 Å². The van der Waals surface area contributed by atoms with Crippen molar-refractivity contribution >= 4 is 5.83 Å². The Kier molecular flexibility index (Phi) is 5.93. The van der Waals surface area contributed by atoms with Gasteiger partial charge in [0.1, 0.15) is 24.1 Å². The van der Waals surface area contributed by atoms with Crippen LogP contribution in [0.25, 0.3) is 28.1 Å². The van der Waals surface area contributed by atoms with Crippen LogP contribution >= 0.6 is 0 Å². The number of hydrogen-bond donors (Lipinski definition) is 0. The number of hydrogen-bond acceptors (Lipinski definition) is 0. The van der Waals surface area contributed by atoms with Crippen molar-refractivity contribution < 1.29 is 22.0 Å². The zero-order valence-electron chi connectivity index (χ0n) is 15.1. The summed E-state index contributed by atoms with van der Waals surface area (Å²) in [5.74, 6) is -3.52. The van der Waals surface area contributed by atoms with Crippen LogP contribution in [0.3, 0.4) is 0 Å². The highest BCUT2D eigenvalue weighted by atomic mass is 19.2. The largest absolute Gasteiger partial charge is 0.246 e. The van der Waals surface area contributed by atoms with Crippen LogP contribution < -0.4 is 0 Å². The molecule has 0 aliphatic rings. The number of halogens is 5. The fourth-order valence-electron chi connectivity index (χ4n) is 2.87. The molecule has 0 radical (unpaired) electrons. The third kappa shape index (κ3) is 3.98. The quantitative estimate of drug-likeness (QED) is 0.391. The van der Waals surface area contributed by atoms with E-state index < -0.39 is 35.5 Å². The summed E-state index contributed by atoms with van der Waals surface area (Å²) >= 11 is 0. The predicted octanol–water partition coefficient (Wildman–Crippen LogP) is 7.79. The molecule has 5 heteroatoms. The molecular formula is C23H17F5. The molecule has 3 rings (SSSR count). The molecule has 0 spiro atoms. The van der Waals surface area contributed by atoms with Crippen molar-refractivity contribution in [3.63, 3.8) is 0 Å². The smallest absolute Gasteiger partial charge is 0.161 e. The Bertz CT molecular complexity index is 979. The molecule has 0 saturated heterocycles. The van der Waals surface area contributed by atoms with Crippen molar-refractivity contribution in [1.29, 1.82) is 0 Å². The topological polar surface area (TPSA) is 0 Å². The van der Waals surface area contributed by atoms with Gasteiger partial charge in [0.25, 0.3) is 0 Å². The Morgan fingerprint density at radius 1 is 0.714 bits per heavy atom. The summed E-state index contributed by atoms with van der Waals surface area (Å²) in [5, 5.41) is 0. The number of allylic oxidation sites excluding steroid dienone is 1. The second-order valence-electron chi connectivity index (χ2n) is 6.28. The maximum Gasteiger partial charge on any atom is 0.161 e. The molecule has 0 N–H and O–H groups in total. The minimum absolute atomic E-state index is 0.0114. The molecule has 0 atom stereocenters. The average Bonchev–Trinajstić information content (AvgIpc) is 2.72. The van der Waals surface area contributed by atoms with Crippen molar-refractivity contribution in [3.8, 4) is 22.3 Å². The molecule has 0 aliphatic carbocycles. The molecule has 0 nitrogen and oxygen atoms in total. The molecule has 3 aromatic carbocycles. The summed E-state index contributed by atoms with van der Waals surface area (Å²) in [6.07, 6.45) is -0.0114. The van der Waals surface area contributed by atoms with E-state index in [1.807, 2.05) is 0 Å². The number of rotatable bonds is 5. The lowest BCUT2D eigenvalue weighted by atomic mass is 9.98. The van der Waals surface area contributed by atoms with E-state index in [2.05, 4.69) is 0 Å². The van der Waals surface area contributed by atoms with E-state index >= 15 is 0 Å². The maximum atomic E-state index is 13.8. The van der Waals surface area contributed by atoms with Gasteiger partial charge in [-0.2, -0.15) is 0 Å². The van der Waals surface area contributed by atoms with Crippen LogP contribution in [0.4, 0.5) is 22.0 Å². The van der Waals surface area contributed by atoms with Crippen LogP contribution in [0.2, 0.25) is 0 Å². The second-order valence-corrected chi connectivity index (χ2v) is 6.28. The fraction of sp³-hybridized carbons (Fsp3) is 0.130. The average molecular weight is 388 g/mol. The van der Waals surface area contributed by atoms with E-state index in [9.17, 15) is 22.0 Å². The molecule has 0 saturated carbocycles. The molecule has 0 amide bonds. The zero-order chi connectivity index (χ0) is 20.3. The van der Waals surface area contributed by atoms with Crippen molar-refractivity contribution in [1.82, 2.24) is 0 Å². The second kappa shape index (κ2) is 8.38. The van der Waals surface area contributed by atoms with Crippen molar-refractivity contribution in [2.75, 3.05) is 0 Å². The van der Waals surface area contributed by atoms with Crippen molar-refractivity contribution in [3.05, 3.63) is 89.3 Å². The van der Waals surface area contributed by atoms with E-state index in [1.54, 1.807) is 36.4 Å². The summed E-state index contributed by atoms with van der Waals surface area (Å²) in [5.41, 5.74) is 2.04. The van der Waals surface area contributed by atoms with Crippen LogP contribution in [0, 0.1) is 11.6 Å². The Morgan fingerprint density at radius 2 is 1.14 bits per heavy atom. The number of alkyl halides is 1. The van der Waals surface area contributed by atoms with Gasteiger partial charge < -0.3 is 0 Å². The summed E-state index contributed by atoms with van der Waals surface area (Å²) in [4.78, 5) is 0. The van der Waals surface area contributed by atoms with Crippen LogP contribution in [-0.4, -0.2) is 0 Å². The van der Waals surface area contributed by atoms with Crippen molar-refractivity contribution in [2.24, 2.45) is 0 Å². The molecular weight excluding hydrogens is 371 g/mol. The summed E-state index contributed by atoms with van der Waals surface area (Å²) < 4.78 is 67.4. The van der Waals surface area contributed by atoms with Crippen LogP contribution in [0.15, 0.2) is 66.5 Å². The Morgan fingerprint density at radius 3 is 1.57 bits per heavy atom. The first-order chi connectivity index (χ1) is 13.4. The minimum Gasteiger partial charge on any atom is -0.246 e. The van der Waals surface area contributed by atoms with Gasteiger partial charge in [0.15, 0.2) is 5.83 Å². The molecule has 3 aromatic rings. The van der Waals surface area contributed by atoms with Crippen LogP contribution in [0.5, 0.6) is 0 Å². The standard InChI is InChI=1S/C23H17F5/c1-2-20(25)23(28)17-9-7-15(8-10-17)14-3-5-16(6-4-14)18-11-21(26)19(13-24)22(27)12-18/h3-12H,2,13H2,1H3. The Hall–Kier alpha value is -2.95. The number of benzene rings is 3. The monoisotopic (exact) mass is 388 g/mol. The molecule has 0 heterocycles. The summed E-state index contributed by atoms with van der Waals surface area (Å²) in [6.45, 7) is 0.332. The van der Waals surface area contributed by atoms with Gasteiger partial charge in [-0.15, -0.1) is 0 Å². The third-order valence-corrected chi connectivity index (χ3v) is 4.51. The normalized spacial score (nSPS) is 12.1. The SMILES string of the molecule is CCC(F)=C(F)c1ccc(-c2ccc(-c3cc(F)c(CF)c(F)c3)cc2)cc1. The molecule has 0 bridgehead atoms. The van der Waals surface area contributed by atoms with Crippen LogP contribution in [0.1, 0.15) is 24.5 Å². The van der Waals surface area contributed by atoms with Crippen LogP contribution in [-0.2, 0) is 6.67 Å². The highest BCUT2D eigenvalue weighted by Crippen LogP contribution is 2.29. The van der Waals surface area contributed by atoms with Gasteiger partial charge in [-0.25, -0.2) is 22.0 Å². The highest BCUT2D eigenvalue weighted by Gasteiger charge is 2.12. The fourth-order valence-corrected chi connectivity index (χ4v) is 2.87. The summed E-state index contributed by atoms with van der Waals surface area (Å²) in [7, 11) is 0. The van der Waals surface area contributed by atoms with E-state index in [1.165, 1.54) is 19.1 Å². The third-order valence-electron chi connectivity index (χ3n) is 4.51. The van der Waals surface area contributed by atoms with Gasteiger partial charge in [0, 0.05) is 5.56 Å². The van der Waals surface area contributed by atoms with Gasteiger partial charge in [0.05, 0.1) is 5.56 Å². The lowest BCUT2D eigenvalue weighted by molar-refractivity contribution is 0.440. The molecule has 0 aliphatic heterocycles. The lowest BCUT2D eigenvalue weighted by Crippen LogP contribution is -1.94. The highest BCUT2D eigenvalue weighted by molar-refractivity contribution is 5.72. The van der Waals surface area contributed by atoms with Gasteiger partial charge in [-0.05, 0) is 40.8 Å². The maximum absolute atomic E-state index is 13.8. The first kappa shape index (κ1) is 19.8. The zero-order valence-corrected chi connectivity index (χ0v) is 15.1. The molecule has 28 heavy (non-hydrogen) atoms. The van der Waals surface area contributed by atoms with Crippen molar-refractivity contribution in [2.45, 2.75) is 20.0 Å². The Labute approximate surface area is 160 Å². The molecule has 144 valence electrons. The minimum atomic E-state index is -1.20. The summed E-state index contributed by atoms with van der Waals surface area (Å²) in [6, 6.07) is 15.4. The molecule has 0 fully saturated rings. The van der Waals surface area contributed by atoms with Gasteiger partial charge >= 0.3 is 0 Å². The first-order valence-corrected chi connectivity index (χ1v) is 8.73. The predicted molar refractivity (Wildman–Crippen MR) is 101 cm³/mol. The van der Waals surface area contributed by atoms with E-state index in [4.69, 9.17) is 0 Å². The van der Waals surface area contributed by atoms with Gasteiger partial charge in [-0.1, -0.05) is 55.5 Å². The first-order valence-electron chi connectivity index (χ1n) is 8.73. The Balaban J connectivity index is 1.87.